The van der Waals surface area contributed by atoms with Crippen LogP contribution in [0, 0.1) is 0 Å². The van der Waals surface area contributed by atoms with Crippen molar-refractivity contribution in [1.29, 1.82) is 0 Å². The van der Waals surface area contributed by atoms with E-state index >= 15 is 0 Å². The van der Waals surface area contributed by atoms with Gasteiger partial charge in [0.2, 0.25) is 0 Å². The lowest BCUT2D eigenvalue weighted by atomic mass is 10.2. The number of halogens is 3. The molecule has 5 nitrogen and oxygen atoms in total. The molecule has 0 radical (unpaired) electrons. The van der Waals surface area contributed by atoms with Crippen LogP contribution in [0.5, 0.6) is 0 Å². The van der Waals surface area contributed by atoms with Crippen LogP contribution in [-0.4, -0.2) is 23.6 Å². The van der Waals surface area contributed by atoms with E-state index in [2.05, 4.69) is 4.99 Å². The average Bonchev–Trinajstić information content (AvgIpc) is 2.93. The number of thiazole rings is 1. The predicted octanol–water partition coefficient (Wildman–Crippen LogP) is 4.58. The van der Waals surface area contributed by atoms with Crippen molar-refractivity contribution in [2.45, 2.75) is 6.54 Å². The summed E-state index contributed by atoms with van der Waals surface area (Å²) < 4.78 is 7.11. The number of benzene rings is 2. The van der Waals surface area contributed by atoms with Gasteiger partial charge in [0.05, 0.1) is 27.9 Å². The summed E-state index contributed by atoms with van der Waals surface area (Å²) in [6.07, 6.45) is 0. The highest BCUT2D eigenvalue weighted by Crippen LogP contribution is 2.23. The summed E-state index contributed by atoms with van der Waals surface area (Å²) in [5, 5.41) is 1.16. The lowest BCUT2D eigenvalue weighted by Crippen LogP contribution is -2.22. The zero-order valence-corrected chi connectivity index (χ0v) is 16.4. The van der Waals surface area contributed by atoms with Crippen LogP contribution in [-0.2, 0) is 16.1 Å². The van der Waals surface area contributed by atoms with E-state index in [0.29, 0.717) is 20.4 Å². The van der Waals surface area contributed by atoms with Crippen LogP contribution in [0.1, 0.15) is 10.4 Å². The number of ether oxygens (including phenoxy) is 1. The van der Waals surface area contributed by atoms with Gasteiger partial charge in [-0.2, -0.15) is 4.99 Å². The normalized spacial score (nSPS) is 11.8. The molecule has 0 unspecified atom stereocenters. The monoisotopic (exact) mass is 428 g/mol. The highest BCUT2D eigenvalue weighted by molar-refractivity contribution is 7.16. The molecule has 26 heavy (non-hydrogen) atoms. The Balaban J connectivity index is 2.17. The fraction of sp³-hybridized carbons (Fsp3) is 0.118. The molecule has 9 heteroatoms. The van der Waals surface area contributed by atoms with Crippen LogP contribution in [0.4, 0.5) is 0 Å². The standard InChI is InChI=1S/C17H11Cl3N2O3S/c1-25-15(23)8-22-13-5-3-10(19)7-14(13)26-17(22)21-16(24)11-6-9(18)2-4-12(11)20/h2-7H,8H2,1H3. The Morgan fingerprint density at radius 3 is 2.54 bits per heavy atom. The lowest BCUT2D eigenvalue weighted by Gasteiger charge is -2.04. The van der Waals surface area contributed by atoms with Crippen LogP contribution < -0.4 is 4.80 Å². The number of carbonyl (C=O) groups excluding carboxylic acids is 2. The Morgan fingerprint density at radius 2 is 1.81 bits per heavy atom. The zero-order valence-electron chi connectivity index (χ0n) is 13.3. The van der Waals surface area contributed by atoms with Crippen molar-refractivity contribution in [2.75, 3.05) is 7.11 Å². The van der Waals surface area contributed by atoms with Gasteiger partial charge >= 0.3 is 5.97 Å². The topological polar surface area (TPSA) is 60.7 Å². The van der Waals surface area contributed by atoms with Crippen LogP contribution in [0.2, 0.25) is 15.1 Å². The van der Waals surface area contributed by atoms with E-state index in [9.17, 15) is 9.59 Å². The van der Waals surface area contributed by atoms with Gasteiger partial charge < -0.3 is 9.30 Å². The molecule has 1 heterocycles. The molecule has 0 atom stereocenters. The maximum Gasteiger partial charge on any atom is 0.325 e. The van der Waals surface area contributed by atoms with Gasteiger partial charge in [-0.05, 0) is 36.4 Å². The third kappa shape index (κ3) is 3.94. The Morgan fingerprint density at radius 1 is 1.12 bits per heavy atom. The minimum Gasteiger partial charge on any atom is -0.468 e. The number of esters is 1. The minimum atomic E-state index is -0.561. The average molecular weight is 430 g/mol. The maximum atomic E-state index is 12.6. The number of amides is 1. The summed E-state index contributed by atoms with van der Waals surface area (Å²) in [5.41, 5.74) is 0.896. The van der Waals surface area contributed by atoms with Crippen LogP contribution in [0.3, 0.4) is 0 Å². The van der Waals surface area contributed by atoms with Gasteiger partial charge in [0.1, 0.15) is 6.54 Å². The van der Waals surface area contributed by atoms with Gasteiger partial charge in [0.15, 0.2) is 4.80 Å². The van der Waals surface area contributed by atoms with Gasteiger partial charge in [0, 0.05) is 10.0 Å². The number of rotatable bonds is 3. The van der Waals surface area contributed by atoms with Crippen molar-refractivity contribution in [2.24, 2.45) is 4.99 Å². The Bertz CT molecular complexity index is 1090. The van der Waals surface area contributed by atoms with E-state index in [0.717, 1.165) is 4.70 Å². The summed E-state index contributed by atoms with van der Waals surface area (Å²) in [6, 6.07) is 9.76. The number of hydrogen-bond acceptors (Lipinski definition) is 4. The first-order valence-corrected chi connectivity index (χ1v) is 9.24. The largest absolute Gasteiger partial charge is 0.468 e. The third-order valence-corrected chi connectivity index (χ3v) is 5.36. The number of nitrogens with zero attached hydrogens (tertiary/aromatic N) is 2. The maximum absolute atomic E-state index is 12.6. The molecule has 0 aliphatic carbocycles. The van der Waals surface area contributed by atoms with E-state index in [-0.39, 0.29) is 17.1 Å². The molecule has 0 aliphatic heterocycles. The molecular formula is C17H11Cl3N2O3S. The van der Waals surface area contributed by atoms with E-state index in [1.165, 1.54) is 30.6 Å². The lowest BCUT2D eigenvalue weighted by molar-refractivity contribution is -0.141. The van der Waals surface area contributed by atoms with Gasteiger partial charge in [0.25, 0.3) is 5.91 Å². The third-order valence-electron chi connectivity index (χ3n) is 3.52. The fourth-order valence-electron chi connectivity index (χ4n) is 2.29. The summed E-state index contributed by atoms with van der Waals surface area (Å²) in [5.74, 6) is -1.02. The van der Waals surface area contributed by atoms with Crippen LogP contribution in [0.15, 0.2) is 41.4 Å². The van der Waals surface area contributed by atoms with Crippen molar-refractivity contribution in [3.63, 3.8) is 0 Å². The molecule has 3 aromatic rings. The first kappa shape index (κ1) is 18.9. The SMILES string of the molecule is COC(=O)Cn1c(=NC(=O)c2cc(Cl)ccc2Cl)sc2cc(Cl)ccc21. The van der Waals surface area contributed by atoms with Crippen molar-refractivity contribution in [1.82, 2.24) is 4.57 Å². The second-order valence-corrected chi connectivity index (χ2v) is 7.49. The highest BCUT2D eigenvalue weighted by Gasteiger charge is 2.14. The Kier molecular flexibility index (Phi) is 5.67. The summed E-state index contributed by atoms with van der Waals surface area (Å²) >= 11 is 19.3. The quantitative estimate of drug-likeness (QED) is 0.573. The molecule has 134 valence electrons. The summed E-state index contributed by atoms with van der Waals surface area (Å²) in [7, 11) is 1.29. The van der Waals surface area contributed by atoms with Crippen molar-refractivity contribution >= 4 is 68.2 Å². The van der Waals surface area contributed by atoms with Gasteiger partial charge in [-0.3, -0.25) is 9.59 Å². The molecule has 1 amide bonds. The summed E-state index contributed by atoms with van der Waals surface area (Å²) in [6.45, 7) is -0.0898. The number of methoxy groups -OCH3 is 1. The molecule has 0 saturated carbocycles. The molecular weight excluding hydrogens is 419 g/mol. The first-order chi connectivity index (χ1) is 12.4. The predicted molar refractivity (Wildman–Crippen MR) is 103 cm³/mol. The summed E-state index contributed by atoms with van der Waals surface area (Å²) in [4.78, 5) is 28.8. The molecule has 0 N–H and O–H groups in total. The number of fused-ring (bicyclic) bond motifs is 1. The van der Waals surface area contributed by atoms with Gasteiger partial charge in [-0.25, -0.2) is 0 Å². The molecule has 0 spiro atoms. The molecule has 3 rings (SSSR count). The second-order valence-electron chi connectivity index (χ2n) is 5.20. The van der Waals surface area contributed by atoms with E-state index in [1.54, 1.807) is 28.8 Å². The van der Waals surface area contributed by atoms with E-state index < -0.39 is 11.9 Å². The van der Waals surface area contributed by atoms with Gasteiger partial charge in [-0.15, -0.1) is 0 Å². The van der Waals surface area contributed by atoms with Crippen molar-refractivity contribution in [3.8, 4) is 0 Å². The fourth-order valence-corrected chi connectivity index (χ4v) is 3.96. The molecule has 1 aromatic heterocycles. The van der Waals surface area contributed by atoms with Crippen molar-refractivity contribution in [3.05, 3.63) is 61.8 Å². The number of hydrogen-bond donors (Lipinski definition) is 0. The zero-order chi connectivity index (χ0) is 18.8. The van der Waals surface area contributed by atoms with Crippen LogP contribution >= 0.6 is 46.1 Å². The van der Waals surface area contributed by atoms with Crippen LogP contribution in [0.25, 0.3) is 10.2 Å². The first-order valence-electron chi connectivity index (χ1n) is 7.29. The molecule has 0 saturated heterocycles. The second kappa shape index (κ2) is 7.80. The highest BCUT2D eigenvalue weighted by atomic mass is 35.5. The molecule has 2 aromatic carbocycles. The number of carbonyl (C=O) groups is 2. The smallest absolute Gasteiger partial charge is 0.325 e. The minimum absolute atomic E-state index is 0.0898. The molecule has 0 bridgehead atoms. The van der Waals surface area contributed by atoms with E-state index in [4.69, 9.17) is 39.5 Å². The molecule has 0 fully saturated rings. The Labute approximate surface area is 167 Å². The number of aromatic nitrogens is 1. The van der Waals surface area contributed by atoms with E-state index in [1.807, 2.05) is 0 Å². The Hall–Kier alpha value is -1.86. The molecule has 0 aliphatic rings. The van der Waals surface area contributed by atoms with Gasteiger partial charge in [-0.1, -0.05) is 46.1 Å². The van der Waals surface area contributed by atoms with Crippen molar-refractivity contribution < 1.29 is 14.3 Å².